The molecule has 0 bridgehead atoms. The van der Waals surface area contributed by atoms with Gasteiger partial charge >= 0.3 is 0 Å². The van der Waals surface area contributed by atoms with Crippen LogP contribution in [0.3, 0.4) is 0 Å². The van der Waals surface area contributed by atoms with Crippen LogP contribution in [0.25, 0.3) is 0 Å². The van der Waals surface area contributed by atoms with Crippen LogP contribution in [0, 0.1) is 0 Å². The first-order valence-electron chi connectivity index (χ1n) is 7.84. The molecule has 0 aromatic heterocycles. The molecular weight excluding hydrogens is 260 g/mol. The van der Waals surface area contributed by atoms with E-state index in [-0.39, 0.29) is 5.54 Å². The number of aldehydes is 1. The lowest BCUT2D eigenvalue weighted by molar-refractivity contribution is -0.113. The van der Waals surface area contributed by atoms with Gasteiger partial charge in [-0.3, -0.25) is 9.80 Å². The van der Waals surface area contributed by atoms with Crippen LogP contribution < -0.4 is 0 Å². The van der Waals surface area contributed by atoms with Gasteiger partial charge in [0.2, 0.25) is 0 Å². The molecule has 0 aliphatic carbocycles. The van der Waals surface area contributed by atoms with Crippen LogP contribution in [0.1, 0.15) is 33.3 Å². The maximum atomic E-state index is 11.7. The lowest BCUT2D eigenvalue weighted by Gasteiger charge is -2.44. The number of carbonyl (C=O) groups excluding carboxylic acids is 1. The van der Waals surface area contributed by atoms with Gasteiger partial charge in [0.05, 0.1) is 5.41 Å². The van der Waals surface area contributed by atoms with E-state index in [4.69, 9.17) is 0 Å². The second kappa shape index (κ2) is 6.29. The first-order chi connectivity index (χ1) is 9.85. The van der Waals surface area contributed by atoms with Gasteiger partial charge in [-0.05, 0) is 33.3 Å². The third-order valence-electron chi connectivity index (χ3n) is 4.57. The molecule has 1 saturated heterocycles. The summed E-state index contributed by atoms with van der Waals surface area (Å²) in [5.41, 5.74) is 0.934. The zero-order valence-electron chi connectivity index (χ0n) is 13.8. The van der Waals surface area contributed by atoms with Crippen molar-refractivity contribution in [3.63, 3.8) is 0 Å². The average molecular weight is 288 g/mol. The van der Waals surface area contributed by atoms with Crippen LogP contribution in [-0.4, -0.2) is 54.3 Å². The SMILES string of the molecule is CC(C=O)(CN1CCN(C(C)(C)C)CC1)c1ccccc1. The van der Waals surface area contributed by atoms with Crippen LogP contribution in [0.5, 0.6) is 0 Å². The predicted octanol–water partition coefficient (Wildman–Crippen LogP) is 2.56. The smallest absolute Gasteiger partial charge is 0.131 e. The van der Waals surface area contributed by atoms with Crippen molar-refractivity contribution >= 4 is 6.29 Å². The molecule has 0 saturated carbocycles. The molecule has 1 atom stereocenters. The number of nitrogens with zero attached hydrogens (tertiary/aromatic N) is 2. The molecule has 1 aliphatic rings. The van der Waals surface area contributed by atoms with Gasteiger partial charge < -0.3 is 4.79 Å². The summed E-state index contributed by atoms with van der Waals surface area (Å²) in [6.07, 6.45) is 1.11. The Morgan fingerprint density at radius 1 is 1.00 bits per heavy atom. The second-order valence-corrected chi connectivity index (χ2v) is 7.34. The van der Waals surface area contributed by atoms with Crippen molar-refractivity contribution in [3.05, 3.63) is 35.9 Å². The zero-order chi connectivity index (χ0) is 15.5. The fourth-order valence-electron chi connectivity index (χ4n) is 3.06. The molecule has 3 heteroatoms. The number of benzene rings is 1. The largest absolute Gasteiger partial charge is 0.302 e. The summed E-state index contributed by atoms with van der Waals surface area (Å²) in [6.45, 7) is 13.9. The molecule has 1 aromatic carbocycles. The number of rotatable bonds is 4. The molecule has 1 aromatic rings. The summed E-state index contributed by atoms with van der Waals surface area (Å²) in [5, 5.41) is 0. The van der Waals surface area contributed by atoms with Gasteiger partial charge in [0.25, 0.3) is 0 Å². The minimum Gasteiger partial charge on any atom is -0.302 e. The van der Waals surface area contributed by atoms with Crippen LogP contribution in [0.2, 0.25) is 0 Å². The average Bonchev–Trinajstić information content (AvgIpc) is 2.47. The third-order valence-corrected chi connectivity index (χ3v) is 4.57. The van der Waals surface area contributed by atoms with Gasteiger partial charge in [0.1, 0.15) is 6.29 Å². The van der Waals surface area contributed by atoms with E-state index in [2.05, 4.69) is 42.7 Å². The molecule has 1 heterocycles. The molecule has 1 unspecified atom stereocenters. The van der Waals surface area contributed by atoms with Gasteiger partial charge in [-0.15, -0.1) is 0 Å². The highest BCUT2D eigenvalue weighted by molar-refractivity contribution is 5.68. The molecule has 0 amide bonds. The Kier molecular flexibility index (Phi) is 4.84. The van der Waals surface area contributed by atoms with Crippen molar-refractivity contribution in [2.75, 3.05) is 32.7 Å². The van der Waals surface area contributed by atoms with Crippen molar-refractivity contribution in [2.45, 2.75) is 38.6 Å². The van der Waals surface area contributed by atoms with Crippen molar-refractivity contribution in [3.8, 4) is 0 Å². The predicted molar refractivity (Wildman–Crippen MR) is 87.6 cm³/mol. The highest BCUT2D eigenvalue weighted by atomic mass is 16.1. The highest BCUT2D eigenvalue weighted by Crippen LogP contribution is 2.24. The van der Waals surface area contributed by atoms with E-state index >= 15 is 0 Å². The molecule has 3 nitrogen and oxygen atoms in total. The zero-order valence-corrected chi connectivity index (χ0v) is 13.8. The quantitative estimate of drug-likeness (QED) is 0.796. The van der Waals surface area contributed by atoms with E-state index in [0.29, 0.717) is 0 Å². The molecule has 1 aliphatic heterocycles. The van der Waals surface area contributed by atoms with E-state index in [1.807, 2.05) is 25.1 Å². The van der Waals surface area contributed by atoms with Crippen LogP contribution >= 0.6 is 0 Å². The first-order valence-corrected chi connectivity index (χ1v) is 7.84. The standard InChI is InChI=1S/C18H28N2O/c1-17(2,3)20-12-10-19(11-13-20)14-18(4,15-21)16-8-6-5-7-9-16/h5-9,15H,10-14H2,1-4H3. The van der Waals surface area contributed by atoms with Crippen molar-refractivity contribution in [1.82, 2.24) is 9.80 Å². The molecule has 2 rings (SSSR count). The minimum absolute atomic E-state index is 0.236. The molecule has 0 N–H and O–H groups in total. The molecule has 116 valence electrons. The van der Waals surface area contributed by atoms with Crippen LogP contribution in [0.4, 0.5) is 0 Å². The first kappa shape index (κ1) is 16.2. The number of carbonyl (C=O) groups is 1. The van der Waals surface area contributed by atoms with E-state index in [9.17, 15) is 4.79 Å². The normalized spacial score (nSPS) is 21.0. The molecule has 21 heavy (non-hydrogen) atoms. The summed E-state index contributed by atoms with van der Waals surface area (Å²) in [5.74, 6) is 0. The van der Waals surface area contributed by atoms with Crippen molar-refractivity contribution in [1.29, 1.82) is 0 Å². The summed E-state index contributed by atoms with van der Waals surface area (Å²) in [6, 6.07) is 10.1. The highest BCUT2D eigenvalue weighted by Gasteiger charge is 2.32. The van der Waals surface area contributed by atoms with E-state index < -0.39 is 5.41 Å². The Labute approximate surface area is 128 Å². The van der Waals surface area contributed by atoms with E-state index in [1.54, 1.807) is 0 Å². The Morgan fingerprint density at radius 2 is 1.57 bits per heavy atom. The summed E-state index contributed by atoms with van der Waals surface area (Å²) >= 11 is 0. The van der Waals surface area contributed by atoms with Gasteiger partial charge in [-0.1, -0.05) is 30.3 Å². The summed E-state index contributed by atoms with van der Waals surface area (Å²) in [7, 11) is 0. The number of hydrogen-bond donors (Lipinski definition) is 0. The Morgan fingerprint density at radius 3 is 2.05 bits per heavy atom. The van der Waals surface area contributed by atoms with E-state index in [0.717, 1.165) is 44.6 Å². The monoisotopic (exact) mass is 288 g/mol. The molecule has 0 radical (unpaired) electrons. The number of piperazine rings is 1. The minimum atomic E-state index is -0.412. The van der Waals surface area contributed by atoms with E-state index in [1.165, 1.54) is 0 Å². The fraction of sp³-hybridized carbons (Fsp3) is 0.611. The maximum absolute atomic E-state index is 11.7. The fourth-order valence-corrected chi connectivity index (χ4v) is 3.06. The van der Waals surface area contributed by atoms with Crippen LogP contribution in [-0.2, 0) is 10.2 Å². The topological polar surface area (TPSA) is 23.6 Å². The molecule has 1 fully saturated rings. The number of hydrogen-bond acceptors (Lipinski definition) is 3. The maximum Gasteiger partial charge on any atom is 0.131 e. The van der Waals surface area contributed by atoms with Crippen LogP contribution in [0.15, 0.2) is 30.3 Å². The van der Waals surface area contributed by atoms with Gasteiger partial charge in [-0.2, -0.15) is 0 Å². The Bertz CT molecular complexity index is 458. The van der Waals surface area contributed by atoms with Crippen molar-refractivity contribution < 1.29 is 4.79 Å². The van der Waals surface area contributed by atoms with Gasteiger partial charge in [0, 0.05) is 38.3 Å². The lowest BCUT2D eigenvalue weighted by Crippen LogP contribution is -2.55. The second-order valence-electron chi connectivity index (χ2n) is 7.34. The van der Waals surface area contributed by atoms with Gasteiger partial charge in [0.15, 0.2) is 0 Å². The molecule has 0 spiro atoms. The lowest BCUT2D eigenvalue weighted by atomic mass is 9.83. The summed E-state index contributed by atoms with van der Waals surface area (Å²) in [4.78, 5) is 16.6. The molecular formula is C18H28N2O. The third kappa shape index (κ3) is 3.92. The Hall–Kier alpha value is -1.19. The Balaban J connectivity index is 2.00. The van der Waals surface area contributed by atoms with Gasteiger partial charge in [-0.25, -0.2) is 0 Å². The summed E-state index contributed by atoms with van der Waals surface area (Å²) < 4.78 is 0. The van der Waals surface area contributed by atoms with Crippen molar-refractivity contribution in [2.24, 2.45) is 0 Å².